The summed E-state index contributed by atoms with van der Waals surface area (Å²) in [5, 5.41) is 4.83. The van der Waals surface area contributed by atoms with Crippen LogP contribution >= 0.6 is 0 Å². The standard InChI is InChI=1S/C6H7NO2S.C2H4O2/c7-10(8,9)6-4-2-1-3-5-6;1-4-2-3/h1-5H,(H2,7,8,9);2H,1H3. The number of rotatable bonds is 2. The number of hydrogen-bond acceptors (Lipinski definition) is 4. The lowest BCUT2D eigenvalue weighted by atomic mass is 10.4. The second kappa shape index (κ2) is 6.11. The summed E-state index contributed by atoms with van der Waals surface area (Å²) in [7, 11) is -2.19. The van der Waals surface area contributed by atoms with Crippen LogP contribution in [-0.2, 0) is 19.6 Å². The van der Waals surface area contributed by atoms with E-state index in [0.717, 1.165) is 0 Å². The highest BCUT2D eigenvalue weighted by Gasteiger charge is 2.03. The minimum Gasteiger partial charge on any atom is -0.471 e. The van der Waals surface area contributed by atoms with Crippen LogP contribution in [0.1, 0.15) is 0 Å². The van der Waals surface area contributed by atoms with Gasteiger partial charge in [-0.15, -0.1) is 0 Å². The van der Waals surface area contributed by atoms with Crippen LogP contribution in [0, 0.1) is 0 Å². The van der Waals surface area contributed by atoms with E-state index in [1.54, 1.807) is 18.2 Å². The van der Waals surface area contributed by atoms with Crippen LogP contribution in [0.15, 0.2) is 35.2 Å². The van der Waals surface area contributed by atoms with Crippen molar-refractivity contribution in [2.24, 2.45) is 5.14 Å². The van der Waals surface area contributed by atoms with Crippen LogP contribution in [0.5, 0.6) is 0 Å². The normalized spacial score (nSPS) is 9.57. The fourth-order valence-electron chi connectivity index (χ4n) is 0.610. The highest BCUT2D eigenvalue weighted by atomic mass is 32.2. The van der Waals surface area contributed by atoms with Crippen molar-refractivity contribution in [3.05, 3.63) is 30.3 Å². The summed E-state index contributed by atoms with van der Waals surface area (Å²) in [6.07, 6.45) is 0. The Morgan fingerprint density at radius 2 is 1.71 bits per heavy atom. The van der Waals surface area contributed by atoms with Crippen LogP contribution < -0.4 is 5.14 Å². The number of carbonyl (C=O) groups excluding carboxylic acids is 1. The lowest BCUT2D eigenvalue weighted by Crippen LogP contribution is -2.11. The topological polar surface area (TPSA) is 86.5 Å². The van der Waals surface area contributed by atoms with E-state index in [2.05, 4.69) is 4.74 Å². The van der Waals surface area contributed by atoms with Crippen LogP contribution in [-0.4, -0.2) is 22.0 Å². The largest absolute Gasteiger partial charge is 0.471 e. The SMILES string of the molecule is COC=O.NS(=O)(=O)c1ccccc1. The first kappa shape index (κ1) is 12.6. The van der Waals surface area contributed by atoms with Gasteiger partial charge in [0.15, 0.2) is 0 Å². The molecule has 0 heterocycles. The molecule has 0 aliphatic rings. The van der Waals surface area contributed by atoms with Gasteiger partial charge in [0.2, 0.25) is 10.0 Å². The monoisotopic (exact) mass is 217 g/mol. The van der Waals surface area contributed by atoms with E-state index in [0.29, 0.717) is 6.47 Å². The molecule has 1 rings (SSSR count). The zero-order valence-electron chi connectivity index (χ0n) is 7.58. The first-order valence-electron chi connectivity index (χ1n) is 3.56. The molecule has 78 valence electrons. The van der Waals surface area contributed by atoms with Gasteiger partial charge in [0.25, 0.3) is 6.47 Å². The van der Waals surface area contributed by atoms with Crippen molar-refractivity contribution in [2.45, 2.75) is 4.90 Å². The van der Waals surface area contributed by atoms with Crippen LogP contribution in [0.3, 0.4) is 0 Å². The van der Waals surface area contributed by atoms with Crippen molar-refractivity contribution < 1.29 is 17.9 Å². The summed E-state index contributed by atoms with van der Waals surface area (Å²) in [6.45, 7) is 0.375. The molecule has 0 radical (unpaired) electrons. The fraction of sp³-hybridized carbons (Fsp3) is 0.125. The van der Waals surface area contributed by atoms with E-state index >= 15 is 0 Å². The summed E-state index contributed by atoms with van der Waals surface area (Å²) in [5.74, 6) is 0. The molecule has 0 aliphatic carbocycles. The molecule has 0 aromatic heterocycles. The Hall–Kier alpha value is -1.40. The van der Waals surface area contributed by atoms with Crippen molar-refractivity contribution in [2.75, 3.05) is 7.11 Å². The van der Waals surface area contributed by atoms with Gasteiger partial charge in [-0.05, 0) is 12.1 Å². The van der Waals surface area contributed by atoms with Crippen LogP contribution in [0.4, 0.5) is 0 Å². The van der Waals surface area contributed by atoms with Gasteiger partial charge in [-0.1, -0.05) is 18.2 Å². The minimum absolute atomic E-state index is 0.148. The molecule has 14 heavy (non-hydrogen) atoms. The lowest BCUT2D eigenvalue weighted by molar-refractivity contribution is -0.126. The molecule has 0 amide bonds. The number of primary sulfonamides is 1. The molecule has 1 aromatic rings. The zero-order valence-corrected chi connectivity index (χ0v) is 8.40. The molecule has 0 fully saturated rings. The summed E-state index contributed by atoms with van der Waals surface area (Å²) < 4.78 is 25.1. The quantitative estimate of drug-likeness (QED) is 0.713. The Kier molecular flexibility index (Phi) is 5.50. The maximum atomic E-state index is 10.6. The molecule has 0 bridgehead atoms. The third-order valence-corrected chi connectivity index (χ3v) is 2.10. The molecule has 0 unspecified atom stereocenters. The Morgan fingerprint density at radius 3 is 1.93 bits per heavy atom. The summed E-state index contributed by atoms with van der Waals surface area (Å²) in [5.41, 5.74) is 0. The predicted octanol–water partition coefficient (Wildman–Crippen LogP) is 0.123. The Labute approximate surface area is 82.5 Å². The molecule has 5 nitrogen and oxygen atoms in total. The number of ether oxygens (including phenoxy) is 1. The number of nitrogens with two attached hydrogens (primary N) is 1. The molecule has 0 spiro atoms. The molecule has 0 aliphatic heterocycles. The molecular formula is C8H11NO4S. The van der Waals surface area contributed by atoms with Gasteiger partial charge in [0, 0.05) is 0 Å². The van der Waals surface area contributed by atoms with E-state index in [1.807, 2.05) is 0 Å². The second-order valence-corrected chi connectivity index (χ2v) is 3.75. The lowest BCUT2D eigenvalue weighted by Gasteiger charge is -1.93. The number of methoxy groups -OCH3 is 1. The van der Waals surface area contributed by atoms with E-state index in [1.165, 1.54) is 19.2 Å². The maximum absolute atomic E-state index is 10.6. The maximum Gasteiger partial charge on any atom is 0.292 e. The van der Waals surface area contributed by atoms with Crippen molar-refractivity contribution >= 4 is 16.5 Å². The number of hydrogen-bond donors (Lipinski definition) is 1. The molecule has 0 atom stereocenters. The number of sulfonamides is 1. The number of carbonyl (C=O) groups is 1. The van der Waals surface area contributed by atoms with E-state index in [-0.39, 0.29) is 4.90 Å². The fourth-order valence-corrected chi connectivity index (χ4v) is 1.15. The van der Waals surface area contributed by atoms with E-state index < -0.39 is 10.0 Å². The van der Waals surface area contributed by atoms with Gasteiger partial charge < -0.3 is 4.74 Å². The zero-order chi connectivity index (χ0) is 11.0. The molecular weight excluding hydrogens is 206 g/mol. The van der Waals surface area contributed by atoms with E-state index in [4.69, 9.17) is 9.93 Å². The summed E-state index contributed by atoms with van der Waals surface area (Å²) in [4.78, 5) is 9.10. The van der Waals surface area contributed by atoms with Crippen LogP contribution in [0.2, 0.25) is 0 Å². The van der Waals surface area contributed by atoms with Crippen molar-refractivity contribution in [3.8, 4) is 0 Å². The molecule has 6 heteroatoms. The van der Waals surface area contributed by atoms with Gasteiger partial charge in [0.05, 0.1) is 12.0 Å². The van der Waals surface area contributed by atoms with Crippen molar-refractivity contribution in [1.82, 2.24) is 0 Å². The molecule has 1 aromatic carbocycles. The molecule has 2 N–H and O–H groups in total. The highest BCUT2D eigenvalue weighted by molar-refractivity contribution is 7.89. The van der Waals surface area contributed by atoms with E-state index in [9.17, 15) is 8.42 Å². The predicted molar refractivity (Wildman–Crippen MR) is 50.9 cm³/mol. The highest BCUT2D eigenvalue weighted by Crippen LogP contribution is 2.02. The minimum atomic E-state index is -3.50. The van der Waals surface area contributed by atoms with Gasteiger partial charge in [0.1, 0.15) is 0 Å². The van der Waals surface area contributed by atoms with Gasteiger partial charge in [-0.3, -0.25) is 4.79 Å². The average molecular weight is 217 g/mol. The Balaban J connectivity index is 0.000000364. The van der Waals surface area contributed by atoms with Gasteiger partial charge >= 0.3 is 0 Å². The summed E-state index contributed by atoms with van der Waals surface area (Å²) in [6, 6.07) is 7.89. The smallest absolute Gasteiger partial charge is 0.292 e. The average Bonchev–Trinajstić information content (AvgIpc) is 2.18. The Morgan fingerprint density at radius 1 is 1.29 bits per heavy atom. The third-order valence-electron chi connectivity index (χ3n) is 1.17. The molecule has 0 saturated heterocycles. The second-order valence-electron chi connectivity index (χ2n) is 2.19. The van der Waals surface area contributed by atoms with Gasteiger partial charge in [-0.2, -0.15) is 0 Å². The van der Waals surface area contributed by atoms with Crippen LogP contribution in [0.25, 0.3) is 0 Å². The first-order valence-corrected chi connectivity index (χ1v) is 5.11. The summed E-state index contributed by atoms with van der Waals surface area (Å²) >= 11 is 0. The third kappa shape index (κ3) is 5.28. The van der Waals surface area contributed by atoms with Crippen molar-refractivity contribution in [1.29, 1.82) is 0 Å². The molecule has 0 saturated carbocycles. The Bertz CT molecular complexity index is 360. The van der Waals surface area contributed by atoms with Gasteiger partial charge in [-0.25, -0.2) is 13.6 Å². The van der Waals surface area contributed by atoms with Crippen molar-refractivity contribution in [3.63, 3.8) is 0 Å². The number of benzene rings is 1. The first-order chi connectivity index (χ1) is 6.52.